The molecular formula is C18H23ClF4N2O3. The fourth-order valence-corrected chi connectivity index (χ4v) is 3.53. The van der Waals surface area contributed by atoms with Crippen LogP contribution >= 0.6 is 12.4 Å². The first kappa shape index (κ1) is 22.5. The lowest BCUT2D eigenvalue weighted by atomic mass is 9.92. The first-order valence-electron chi connectivity index (χ1n) is 8.92. The number of halogens is 5. The van der Waals surface area contributed by atoms with Crippen molar-refractivity contribution in [3.8, 4) is 5.75 Å². The summed E-state index contributed by atoms with van der Waals surface area (Å²) in [6.45, 7) is 1.38. The zero-order valence-corrected chi connectivity index (χ0v) is 16.0. The highest BCUT2D eigenvalue weighted by molar-refractivity contribution is 5.85. The second-order valence-electron chi connectivity index (χ2n) is 6.95. The van der Waals surface area contributed by atoms with Crippen molar-refractivity contribution in [2.24, 2.45) is 11.8 Å². The molecule has 10 heteroatoms. The number of fused-ring (bicyclic) bond motifs is 1. The minimum atomic E-state index is -4.49. The number of benzene rings is 1. The molecule has 0 unspecified atom stereocenters. The van der Waals surface area contributed by atoms with E-state index >= 15 is 0 Å². The number of carbonyl (C=O) groups excluding carboxylic acids is 1. The Balaban J connectivity index is 0.00000280. The number of alkyl halides is 3. The number of rotatable bonds is 4. The van der Waals surface area contributed by atoms with Gasteiger partial charge in [-0.1, -0.05) is 0 Å². The number of amides is 1. The molecule has 2 aliphatic heterocycles. The quantitative estimate of drug-likeness (QED) is 0.745. The van der Waals surface area contributed by atoms with Gasteiger partial charge in [-0.25, -0.2) is 9.18 Å². The maximum atomic E-state index is 14.0. The number of hydrogen-bond acceptors (Lipinski definition) is 4. The van der Waals surface area contributed by atoms with E-state index in [1.807, 2.05) is 0 Å². The molecule has 1 N–H and O–H groups in total. The van der Waals surface area contributed by atoms with Gasteiger partial charge in [0.25, 0.3) is 0 Å². The minimum Gasteiger partial charge on any atom is -0.484 e. The molecule has 2 aliphatic rings. The van der Waals surface area contributed by atoms with E-state index in [1.165, 1.54) is 12.1 Å². The van der Waals surface area contributed by atoms with Crippen LogP contribution in [0.3, 0.4) is 0 Å². The van der Waals surface area contributed by atoms with E-state index in [9.17, 15) is 22.4 Å². The molecule has 0 bridgehead atoms. The van der Waals surface area contributed by atoms with Crippen molar-refractivity contribution in [2.45, 2.75) is 25.6 Å². The number of carbonyl (C=O) groups is 1. The third kappa shape index (κ3) is 6.13. The fraction of sp³-hybridized carbons (Fsp3) is 0.611. The third-order valence-electron chi connectivity index (χ3n) is 5.06. The van der Waals surface area contributed by atoms with Gasteiger partial charge in [-0.05, 0) is 49.9 Å². The molecule has 0 aliphatic carbocycles. The van der Waals surface area contributed by atoms with Gasteiger partial charge in [0, 0.05) is 24.7 Å². The summed E-state index contributed by atoms with van der Waals surface area (Å²) < 4.78 is 60.1. The molecule has 0 radical (unpaired) electrons. The van der Waals surface area contributed by atoms with Crippen molar-refractivity contribution in [1.82, 2.24) is 10.2 Å². The Morgan fingerprint density at radius 3 is 2.39 bits per heavy atom. The van der Waals surface area contributed by atoms with Crippen molar-refractivity contribution in [2.75, 3.05) is 32.8 Å². The highest BCUT2D eigenvalue weighted by Crippen LogP contribution is 2.27. The number of nitrogens with one attached hydrogen (secondary N) is 1. The topological polar surface area (TPSA) is 50.8 Å². The number of nitrogens with zero attached hydrogens (tertiary/aromatic N) is 1. The van der Waals surface area contributed by atoms with Crippen LogP contribution in [0.25, 0.3) is 0 Å². The van der Waals surface area contributed by atoms with Crippen LogP contribution < -0.4 is 10.1 Å². The Kier molecular flexibility index (Phi) is 7.77. The average Bonchev–Trinajstić information content (AvgIpc) is 2.96. The second kappa shape index (κ2) is 9.65. The van der Waals surface area contributed by atoms with Crippen molar-refractivity contribution in [3.05, 3.63) is 29.6 Å². The molecular weight excluding hydrogens is 404 g/mol. The molecule has 1 amide bonds. The van der Waals surface area contributed by atoms with Crippen molar-refractivity contribution >= 4 is 18.5 Å². The summed E-state index contributed by atoms with van der Waals surface area (Å²) in [7, 11) is 0. The molecule has 0 saturated carbocycles. The molecule has 158 valence electrons. The lowest BCUT2D eigenvalue weighted by Gasteiger charge is -2.20. The van der Waals surface area contributed by atoms with Gasteiger partial charge in [-0.2, -0.15) is 13.2 Å². The predicted octanol–water partition coefficient (Wildman–Crippen LogP) is 3.76. The summed E-state index contributed by atoms with van der Waals surface area (Å²) >= 11 is 0. The Hall–Kier alpha value is -1.74. The van der Waals surface area contributed by atoms with E-state index in [0.29, 0.717) is 24.9 Å². The van der Waals surface area contributed by atoms with Gasteiger partial charge < -0.3 is 19.7 Å². The molecule has 1 aromatic rings. The number of ether oxygens (including phenoxy) is 2. The van der Waals surface area contributed by atoms with Gasteiger partial charge >= 0.3 is 12.3 Å². The maximum absolute atomic E-state index is 14.0. The SMILES string of the molecule is Cl.O=C(OCc1ccc(OCC(F)(F)F)cc1F)N1CC[C@@H]2CNC[C@H]2CC1. The van der Waals surface area contributed by atoms with Crippen LogP contribution in [-0.4, -0.2) is 50.0 Å². The Bertz CT molecular complexity index is 661. The van der Waals surface area contributed by atoms with Gasteiger partial charge in [0.2, 0.25) is 0 Å². The summed E-state index contributed by atoms with van der Waals surface area (Å²) in [5.74, 6) is 0.139. The van der Waals surface area contributed by atoms with Gasteiger partial charge in [-0.3, -0.25) is 0 Å². The van der Waals surface area contributed by atoms with Crippen LogP contribution in [0, 0.1) is 17.7 Å². The van der Waals surface area contributed by atoms with E-state index in [0.717, 1.165) is 32.0 Å². The molecule has 28 heavy (non-hydrogen) atoms. The molecule has 0 spiro atoms. The van der Waals surface area contributed by atoms with Crippen molar-refractivity contribution < 1.29 is 31.8 Å². The molecule has 2 atom stereocenters. The first-order chi connectivity index (χ1) is 12.8. The Labute approximate surface area is 166 Å². The van der Waals surface area contributed by atoms with Crippen LogP contribution in [0.1, 0.15) is 18.4 Å². The average molecular weight is 427 g/mol. The van der Waals surface area contributed by atoms with Gasteiger partial charge in [-0.15, -0.1) is 12.4 Å². The van der Waals surface area contributed by atoms with Crippen molar-refractivity contribution in [1.29, 1.82) is 0 Å². The summed E-state index contributed by atoms with van der Waals surface area (Å²) in [6.07, 6.45) is -3.18. The van der Waals surface area contributed by atoms with Crippen LogP contribution in [-0.2, 0) is 11.3 Å². The molecule has 2 heterocycles. The van der Waals surface area contributed by atoms with Crippen LogP contribution in [0.2, 0.25) is 0 Å². The summed E-state index contributed by atoms with van der Waals surface area (Å²) in [5.41, 5.74) is 0.0820. The monoisotopic (exact) mass is 426 g/mol. The zero-order valence-electron chi connectivity index (χ0n) is 15.1. The molecule has 2 fully saturated rings. The number of likely N-dealkylation sites (tertiary alicyclic amines) is 1. The Morgan fingerprint density at radius 2 is 1.82 bits per heavy atom. The summed E-state index contributed by atoms with van der Waals surface area (Å²) in [6, 6.07) is 3.33. The lowest BCUT2D eigenvalue weighted by molar-refractivity contribution is -0.153. The molecule has 3 rings (SSSR count). The fourth-order valence-electron chi connectivity index (χ4n) is 3.53. The largest absolute Gasteiger partial charge is 0.484 e. The summed E-state index contributed by atoms with van der Waals surface area (Å²) in [5, 5.41) is 3.36. The van der Waals surface area contributed by atoms with Gasteiger partial charge in [0.05, 0.1) is 0 Å². The maximum Gasteiger partial charge on any atom is 0.422 e. The lowest BCUT2D eigenvalue weighted by Crippen LogP contribution is -2.33. The Morgan fingerprint density at radius 1 is 1.18 bits per heavy atom. The molecule has 0 aromatic heterocycles. The highest BCUT2D eigenvalue weighted by atomic mass is 35.5. The van der Waals surface area contributed by atoms with E-state index < -0.39 is 24.7 Å². The van der Waals surface area contributed by atoms with E-state index in [4.69, 9.17) is 4.74 Å². The number of hydrogen-bond donors (Lipinski definition) is 1. The smallest absolute Gasteiger partial charge is 0.422 e. The van der Waals surface area contributed by atoms with Crippen LogP contribution in [0.5, 0.6) is 5.75 Å². The molecule has 2 saturated heterocycles. The predicted molar refractivity (Wildman–Crippen MR) is 96.0 cm³/mol. The second-order valence-corrected chi connectivity index (χ2v) is 6.95. The van der Waals surface area contributed by atoms with E-state index in [-0.39, 0.29) is 30.3 Å². The van der Waals surface area contributed by atoms with Crippen LogP contribution in [0.15, 0.2) is 18.2 Å². The normalized spacial score (nSPS) is 22.1. The first-order valence-corrected chi connectivity index (χ1v) is 8.92. The van der Waals surface area contributed by atoms with Crippen molar-refractivity contribution in [3.63, 3.8) is 0 Å². The van der Waals surface area contributed by atoms with E-state index in [2.05, 4.69) is 10.1 Å². The van der Waals surface area contributed by atoms with Crippen LogP contribution in [0.4, 0.5) is 22.4 Å². The zero-order chi connectivity index (χ0) is 19.4. The molecule has 1 aromatic carbocycles. The highest BCUT2D eigenvalue weighted by Gasteiger charge is 2.32. The van der Waals surface area contributed by atoms with E-state index in [1.54, 1.807) is 4.90 Å². The van der Waals surface area contributed by atoms with Gasteiger partial charge in [0.15, 0.2) is 6.61 Å². The van der Waals surface area contributed by atoms with Gasteiger partial charge in [0.1, 0.15) is 18.2 Å². The third-order valence-corrected chi connectivity index (χ3v) is 5.06. The standard InChI is InChI=1S/C18H22F4N2O3.ClH/c19-16-7-15(27-11-18(20,21)22)2-1-14(16)10-26-17(25)24-5-3-12-8-23-9-13(12)4-6-24;/h1-2,7,12-13,23H,3-6,8-11H2;1H/t12-,13-;/m1./s1. The molecule has 5 nitrogen and oxygen atoms in total. The minimum absolute atomic E-state index is 0. The summed E-state index contributed by atoms with van der Waals surface area (Å²) in [4.78, 5) is 13.9.